The largest absolute Gasteiger partial charge is 0.497 e. The van der Waals surface area contributed by atoms with Crippen molar-refractivity contribution >= 4 is 15.9 Å². The number of rotatable bonds is 6. The quantitative estimate of drug-likeness (QED) is 0.825. The highest BCUT2D eigenvalue weighted by Gasteiger charge is 2.03. The Bertz CT molecular complexity index is 541. The number of aryl methyl sites for hydroxylation is 1. The molecule has 1 N–H and O–H groups in total. The summed E-state index contributed by atoms with van der Waals surface area (Å²) >= 11 is 3.54. The zero-order valence-electron chi connectivity index (χ0n) is 11.1. The van der Waals surface area contributed by atoms with Crippen LogP contribution in [0.3, 0.4) is 0 Å². The van der Waals surface area contributed by atoms with E-state index in [4.69, 9.17) is 4.74 Å². The Morgan fingerprint density at radius 3 is 2.95 bits per heavy atom. The van der Waals surface area contributed by atoms with E-state index in [1.165, 1.54) is 5.56 Å². The Kier molecular flexibility index (Phi) is 4.93. The maximum absolute atomic E-state index is 5.22. The molecule has 0 atom stereocenters. The van der Waals surface area contributed by atoms with E-state index in [0.717, 1.165) is 35.6 Å². The first-order valence-electron chi connectivity index (χ1n) is 6.06. The fourth-order valence-corrected chi connectivity index (χ4v) is 2.16. The molecule has 0 unspecified atom stereocenters. The van der Waals surface area contributed by atoms with Crippen molar-refractivity contribution in [3.63, 3.8) is 0 Å². The van der Waals surface area contributed by atoms with E-state index in [1.807, 2.05) is 29.8 Å². The number of aromatic nitrogens is 3. The van der Waals surface area contributed by atoms with Crippen molar-refractivity contribution in [2.24, 2.45) is 7.05 Å². The summed E-state index contributed by atoms with van der Waals surface area (Å²) in [4.78, 5) is 0. The van der Waals surface area contributed by atoms with E-state index in [0.29, 0.717) is 0 Å². The summed E-state index contributed by atoms with van der Waals surface area (Å²) in [5.74, 6) is 1.85. The molecule has 0 amide bonds. The molecule has 0 radical (unpaired) electrons. The second kappa shape index (κ2) is 6.68. The van der Waals surface area contributed by atoms with Gasteiger partial charge in [-0.15, -0.1) is 10.2 Å². The lowest BCUT2D eigenvalue weighted by molar-refractivity contribution is 0.414. The smallest absolute Gasteiger partial charge is 0.133 e. The molecule has 102 valence electrons. The Labute approximate surface area is 121 Å². The molecule has 0 bridgehead atoms. The summed E-state index contributed by atoms with van der Waals surface area (Å²) in [6, 6.07) is 5.96. The van der Waals surface area contributed by atoms with Gasteiger partial charge in [0.15, 0.2) is 0 Å². The number of nitrogens with one attached hydrogen (secondary N) is 1. The summed E-state index contributed by atoms with van der Waals surface area (Å²) in [5, 5.41) is 11.3. The fourth-order valence-electron chi connectivity index (χ4n) is 1.77. The first-order chi connectivity index (χ1) is 9.20. The van der Waals surface area contributed by atoms with Crippen LogP contribution in [-0.2, 0) is 20.0 Å². The van der Waals surface area contributed by atoms with Gasteiger partial charge in [0, 0.05) is 31.0 Å². The molecule has 0 saturated heterocycles. The van der Waals surface area contributed by atoms with E-state index >= 15 is 0 Å². The SMILES string of the molecule is COc1ccc(Br)c(CNCCc2nncn2C)c1. The molecule has 1 aromatic carbocycles. The van der Waals surface area contributed by atoms with Crippen LogP contribution < -0.4 is 10.1 Å². The predicted molar refractivity (Wildman–Crippen MR) is 77.1 cm³/mol. The van der Waals surface area contributed by atoms with Crippen LogP contribution in [0.15, 0.2) is 29.0 Å². The summed E-state index contributed by atoms with van der Waals surface area (Å²) in [7, 11) is 3.63. The van der Waals surface area contributed by atoms with Crippen LogP contribution in [0.5, 0.6) is 5.75 Å². The van der Waals surface area contributed by atoms with Crippen molar-refractivity contribution in [2.75, 3.05) is 13.7 Å². The van der Waals surface area contributed by atoms with Crippen molar-refractivity contribution in [3.8, 4) is 5.75 Å². The third-order valence-corrected chi connectivity index (χ3v) is 3.67. The molecule has 2 rings (SSSR count). The number of benzene rings is 1. The highest BCUT2D eigenvalue weighted by molar-refractivity contribution is 9.10. The van der Waals surface area contributed by atoms with E-state index < -0.39 is 0 Å². The number of hydrogen-bond acceptors (Lipinski definition) is 4. The molecule has 1 heterocycles. The lowest BCUT2D eigenvalue weighted by atomic mass is 10.2. The molecule has 6 heteroatoms. The van der Waals surface area contributed by atoms with Crippen LogP contribution in [0.2, 0.25) is 0 Å². The monoisotopic (exact) mass is 324 g/mol. The molecular weight excluding hydrogens is 308 g/mol. The van der Waals surface area contributed by atoms with Crippen molar-refractivity contribution in [2.45, 2.75) is 13.0 Å². The second-order valence-corrected chi connectivity index (χ2v) is 5.10. The van der Waals surface area contributed by atoms with Crippen molar-refractivity contribution in [1.82, 2.24) is 20.1 Å². The minimum absolute atomic E-state index is 0.787. The Morgan fingerprint density at radius 1 is 1.42 bits per heavy atom. The number of ether oxygens (including phenoxy) is 1. The normalized spacial score (nSPS) is 10.7. The summed E-state index contributed by atoms with van der Waals surface area (Å²) in [6.45, 7) is 1.64. The van der Waals surface area contributed by atoms with Gasteiger partial charge < -0.3 is 14.6 Å². The standard InChI is InChI=1S/C13H17BrN4O/c1-18-9-16-17-13(18)5-6-15-8-10-7-11(19-2)3-4-12(10)14/h3-4,7,9,15H,5-6,8H2,1-2H3. The van der Waals surface area contributed by atoms with Gasteiger partial charge in [-0.05, 0) is 23.8 Å². The summed E-state index contributed by atoms with van der Waals surface area (Å²) < 4.78 is 8.24. The van der Waals surface area contributed by atoms with E-state index in [1.54, 1.807) is 13.4 Å². The van der Waals surface area contributed by atoms with E-state index in [-0.39, 0.29) is 0 Å². The van der Waals surface area contributed by atoms with Crippen LogP contribution in [-0.4, -0.2) is 28.4 Å². The molecule has 2 aromatic rings. The van der Waals surface area contributed by atoms with Gasteiger partial charge in [-0.3, -0.25) is 0 Å². The number of nitrogens with zero attached hydrogens (tertiary/aromatic N) is 3. The average molecular weight is 325 g/mol. The molecule has 5 nitrogen and oxygen atoms in total. The highest BCUT2D eigenvalue weighted by Crippen LogP contribution is 2.22. The van der Waals surface area contributed by atoms with Crippen LogP contribution in [0.1, 0.15) is 11.4 Å². The molecule has 0 aliphatic heterocycles. The van der Waals surface area contributed by atoms with Crippen LogP contribution in [0.4, 0.5) is 0 Å². The van der Waals surface area contributed by atoms with Gasteiger partial charge >= 0.3 is 0 Å². The van der Waals surface area contributed by atoms with Crippen LogP contribution in [0, 0.1) is 0 Å². The van der Waals surface area contributed by atoms with Crippen LogP contribution in [0.25, 0.3) is 0 Å². The average Bonchev–Trinajstić information content (AvgIpc) is 2.82. The molecule has 0 saturated carbocycles. The second-order valence-electron chi connectivity index (χ2n) is 4.24. The van der Waals surface area contributed by atoms with Gasteiger partial charge in [0.2, 0.25) is 0 Å². The molecule has 0 aliphatic rings. The maximum Gasteiger partial charge on any atom is 0.133 e. The van der Waals surface area contributed by atoms with Crippen molar-refractivity contribution in [3.05, 3.63) is 40.4 Å². The predicted octanol–water partition coefficient (Wildman–Crippen LogP) is 1.92. The zero-order chi connectivity index (χ0) is 13.7. The van der Waals surface area contributed by atoms with Gasteiger partial charge in [0.1, 0.15) is 17.9 Å². The van der Waals surface area contributed by atoms with Gasteiger partial charge in [-0.1, -0.05) is 15.9 Å². The third kappa shape index (κ3) is 3.78. The third-order valence-electron chi connectivity index (χ3n) is 2.90. The Morgan fingerprint density at radius 2 is 2.26 bits per heavy atom. The van der Waals surface area contributed by atoms with Crippen molar-refractivity contribution < 1.29 is 4.74 Å². The van der Waals surface area contributed by atoms with E-state index in [2.05, 4.69) is 31.4 Å². The number of methoxy groups -OCH3 is 1. The van der Waals surface area contributed by atoms with Gasteiger partial charge in [0.05, 0.1) is 7.11 Å². The van der Waals surface area contributed by atoms with Crippen LogP contribution >= 0.6 is 15.9 Å². The van der Waals surface area contributed by atoms with Gasteiger partial charge in [-0.25, -0.2) is 0 Å². The Balaban J connectivity index is 1.84. The minimum Gasteiger partial charge on any atom is -0.497 e. The number of hydrogen-bond donors (Lipinski definition) is 1. The summed E-state index contributed by atoms with van der Waals surface area (Å²) in [6.07, 6.45) is 2.58. The highest BCUT2D eigenvalue weighted by atomic mass is 79.9. The zero-order valence-corrected chi connectivity index (χ0v) is 12.6. The molecular formula is C13H17BrN4O. The minimum atomic E-state index is 0.787. The lowest BCUT2D eigenvalue weighted by Crippen LogP contribution is -2.18. The first kappa shape index (κ1) is 14.0. The van der Waals surface area contributed by atoms with E-state index in [9.17, 15) is 0 Å². The molecule has 0 spiro atoms. The number of halogens is 1. The van der Waals surface area contributed by atoms with Gasteiger partial charge in [0.25, 0.3) is 0 Å². The molecule has 1 aromatic heterocycles. The first-order valence-corrected chi connectivity index (χ1v) is 6.86. The summed E-state index contributed by atoms with van der Waals surface area (Å²) in [5.41, 5.74) is 1.18. The molecule has 19 heavy (non-hydrogen) atoms. The topological polar surface area (TPSA) is 52.0 Å². The van der Waals surface area contributed by atoms with Crippen molar-refractivity contribution in [1.29, 1.82) is 0 Å². The molecule has 0 fully saturated rings. The lowest BCUT2D eigenvalue weighted by Gasteiger charge is -2.08. The fraction of sp³-hybridized carbons (Fsp3) is 0.385. The Hall–Kier alpha value is -1.40. The van der Waals surface area contributed by atoms with Gasteiger partial charge in [-0.2, -0.15) is 0 Å². The maximum atomic E-state index is 5.22. The molecule has 0 aliphatic carbocycles.